The van der Waals surface area contributed by atoms with E-state index in [1.165, 1.54) is 0 Å². The minimum absolute atomic E-state index is 0. The number of hydrogen-bond acceptors (Lipinski definition) is 3. The lowest BCUT2D eigenvalue weighted by molar-refractivity contribution is -0.127. The standard InChI is InChI=1S/C14H21ClN2O2.ClH/c1-4-16-7-8-17-14(18)11(3)19-13-9-10(2)5-6-12(13)15;/h5-6,9,11,16H,4,7-8H2,1-3H3,(H,17,18);1H. The third-order valence-electron chi connectivity index (χ3n) is 2.61. The average molecular weight is 321 g/mol. The first-order chi connectivity index (χ1) is 9.04. The van der Waals surface area contributed by atoms with Crippen molar-refractivity contribution in [2.75, 3.05) is 19.6 Å². The average Bonchev–Trinajstić information content (AvgIpc) is 2.38. The predicted molar refractivity (Wildman–Crippen MR) is 85.1 cm³/mol. The zero-order valence-electron chi connectivity index (χ0n) is 12.0. The molecule has 20 heavy (non-hydrogen) atoms. The summed E-state index contributed by atoms with van der Waals surface area (Å²) in [7, 11) is 0. The van der Waals surface area contributed by atoms with E-state index in [9.17, 15) is 4.79 Å². The Hall–Kier alpha value is -0.970. The quantitative estimate of drug-likeness (QED) is 0.759. The summed E-state index contributed by atoms with van der Waals surface area (Å²) in [6.45, 7) is 7.90. The lowest BCUT2D eigenvalue weighted by Gasteiger charge is -2.16. The third kappa shape index (κ3) is 6.46. The first kappa shape index (κ1) is 19.0. The maximum absolute atomic E-state index is 11.8. The van der Waals surface area contributed by atoms with E-state index in [0.717, 1.165) is 18.7 Å². The molecule has 0 aliphatic heterocycles. The number of ether oxygens (including phenoxy) is 1. The van der Waals surface area contributed by atoms with Gasteiger partial charge in [0.05, 0.1) is 5.02 Å². The SMILES string of the molecule is CCNCCNC(=O)C(C)Oc1cc(C)ccc1Cl.Cl. The van der Waals surface area contributed by atoms with Crippen LogP contribution in [0.1, 0.15) is 19.4 Å². The molecule has 1 amide bonds. The Bertz CT molecular complexity index is 428. The molecule has 1 rings (SSSR count). The van der Waals surface area contributed by atoms with Crippen molar-refractivity contribution in [1.29, 1.82) is 0 Å². The van der Waals surface area contributed by atoms with Crippen LogP contribution in [0.3, 0.4) is 0 Å². The smallest absolute Gasteiger partial charge is 0.260 e. The van der Waals surface area contributed by atoms with Crippen LogP contribution < -0.4 is 15.4 Å². The molecule has 1 aromatic rings. The van der Waals surface area contributed by atoms with E-state index in [4.69, 9.17) is 16.3 Å². The fourth-order valence-corrected chi connectivity index (χ4v) is 1.70. The summed E-state index contributed by atoms with van der Waals surface area (Å²) < 4.78 is 5.58. The first-order valence-corrected chi connectivity index (χ1v) is 6.83. The highest BCUT2D eigenvalue weighted by Gasteiger charge is 2.15. The minimum Gasteiger partial charge on any atom is -0.479 e. The first-order valence-electron chi connectivity index (χ1n) is 6.45. The van der Waals surface area contributed by atoms with Gasteiger partial charge >= 0.3 is 0 Å². The molecule has 2 N–H and O–H groups in total. The molecule has 0 radical (unpaired) electrons. The molecule has 0 heterocycles. The lowest BCUT2D eigenvalue weighted by Crippen LogP contribution is -2.39. The summed E-state index contributed by atoms with van der Waals surface area (Å²) in [5.74, 6) is 0.395. The van der Waals surface area contributed by atoms with Crippen LogP contribution in [0.15, 0.2) is 18.2 Å². The Morgan fingerprint density at radius 2 is 2.10 bits per heavy atom. The van der Waals surface area contributed by atoms with Crippen molar-refractivity contribution < 1.29 is 9.53 Å². The Morgan fingerprint density at radius 1 is 1.40 bits per heavy atom. The number of benzene rings is 1. The summed E-state index contributed by atoms with van der Waals surface area (Å²) in [6, 6.07) is 5.49. The highest BCUT2D eigenvalue weighted by molar-refractivity contribution is 6.32. The van der Waals surface area contributed by atoms with Gasteiger partial charge in [-0.3, -0.25) is 4.79 Å². The number of carbonyl (C=O) groups is 1. The van der Waals surface area contributed by atoms with Gasteiger partial charge in [-0.1, -0.05) is 24.6 Å². The molecule has 0 aromatic heterocycles. The van der Waals surface area contributed by atoms with Gasteiger partial charge in [-0.05, 0) is 38.1 Å². The van der Waals surface area contributed by atoms with Gasteiger partial charge in [0.25, 0.3) is 5.91 Å². The van der Waals surface area contributed by atoms with Gasteiger partial charge in [-0.15, -0.1) is 12.4 Å². The molecule has 0 fully saturated rings. The molecule has 0 saturated carbocycles. The van der Waals surface area contributed by atoms with E-state index in [0.29, 0.717) is 17.3 Å². The lowest BCUT2D eigenvalue weighted by atomic mass is 10.2. The van der Waals surface area contributed by atoms with Crippen LogP contribution in [0.5, 0.6) is 5.75 Å². The molecule has 114 valence electrons. The van der Waals surface area contributed by atoms with Gasteiger partial charge in [0.1, 0.15) is 5.75 Å². The van der Waals surface area contributed by atoms with Crippen LogP contribution in [-0.2, 0) is 4.79 Å². The highest BCUT2D eigenvalue weighted by atomic mass is 35.5. The summed E-state index contributed by atoms with van der Waals surface area (Å²) in [6.07, 6.45) is -0.569. The van der Waals surface area contributed by atoms with Crippen molar-refractivity contribution in [2.24, 2.45) is 0 Å². The van der Waals surface area contributed by atoms with Gasteiger partial charge in [0.2, 0.25) is 0 Å². The van der Waals surface area contributed by atoms with Gasteiger partial charge in [0, 0.05) is 13.1 Å². The second-order valence-corrected chi connectivity index (χ2v) is 4.75. The van der Waals surface area contributed by atoms with Crippen molar-refractivity contribution >= 4 is 29.9 Å². The minimum atomic E-state index is -0.569. The number of rotatable bonds is 7. The molecular weight excluding hydrogens is 299 g/mol. The number of carbonyl (C=O) groups excluding carboxylic acids is 1. The zero-order chi connectivity index (χ0) is 14.3. The normalized spacial score (nSPS) is 11.4. The Morgan fingerprint density at radius 3 is 2.75 bits per heavy atom. The third-order valence-corrected chi connectivity index (χ3v) is 2.92. The topological polar surface area (TPSA) is 50.4 Å². The van der Waals surface area contributed by atoms with Crippen molar-refractivity contribution in [3.63, 3.8) is 0 Å². The van der Waals surface area contributed by atoms with Crippen LogP contribution in [-0.4, -0.2) is 31.6 Å². The van der Waals surface area contributed by atoms with Crippen LogP contribution >= 0.6 is 24.0 Å². The molecule has 1 aromatic carbocycles. The van der Waals surface area contributed by atoms with E-state index >= 15 is 0 Å². The van der Waals surface area contributed by atoms with Crippen LogP contribution in [0.2, 0.25) is 5.02 Å². The molecule has 0 bridgehead atoms. The van der Waals surface area contributed by atoms with Crippen molar-refractivity contribution in [3.8, 4) is 5.75 Å². The maximum atomic E-state index is 11.8. The van der Waals surface area contributed by atoms with Gasteiger partial charge in [-0.2, -0.15) is 0 Å². The molecule has 0 saturated heterocycles. The van der Waals surface area contributed by atoms with Gasteiger partial charge in [-0.25, -0.2) is 0 Å². The number of nitrogens with one attached hydrogen (secondary N) is 2. The van der Waals surface area contributed by atoms with Crippen molar-refractivity contribution in [3.05, 3.63) is 28.8 Å². The summed E-state index contributed by atoms with van der Waals surface area (Å²) >= 11 is 6.02. The molecule has 1 atom stereocenters. The second kappa shape index (κ2) is 9.86. The largest absolute Gasteiger partial charge is 0.479 e. The van der Waals surface area contributed by atoms with Crippen molar-refractivity contribution in [2.45, 2.75) is 26.9 Å². The number of halogens is 2. The molecule has 4 nitrogen and oxygen atoms in total. The predicted octanol–water partition coefficient (Wildman–Crippen LogP) is 2.56. The second-order valence-electron chi connectivity index (χ2n) is 4.34. The van der Waals surface area contributed by atoms with Gasteiger partial charge < -0.3 is 15.4 Å². The molecular formula is C14H22Cl2N2O2. The number of amides is 1. The Labute approximate surface area is 131 Å². The number of aryl methyl sites for hydroxylation is 1. The molecule has 0 aliphatic carbocycles. The maximum Gasteiger partial charge on any atom is 0.260 e. The van der Waals surface area contributed by atoms with E-state index in [1.807, 2.05) is 26.0 Å². The Balaban J connectivity index is 0.00000361. The number of hydrogen-bond donors (Lipinski definition) is 2. The summed E-state index contributed by atoms with van der Waals surface area (Å²) in [5.41, 5.74) is 1.04. The molecule has 0 aliphatic rings. The van der Waals surface area contributed by atoms with Gasteiger partial charge in [0.15, 0.2) is 6.10 Å². The van der Waals surface area contributed by atoms with E-state index in [1.54, 1.807) is 13.0 Å². The molecule has 1 unspecified atom stereocenters. The fraction of sp³-hybridized carbons (Fsp3) is 0.500. The van der Waals surface area contributed by atoms with Crippen LogP contribution in [0.4, 0.5) is 0 Å². The summed E-state index contributed by atoms with van der Waals surface area (Å²) in [5, 5.41) is 6.45. The molecule has 6 heteroatoms. The summed E-state index contributed by atoms with van der Waals surface area (Å²) in [4.78, 5) is 11.8. The fourth-order valence-electron chi connectivity index (χ4n) is 1.54. The zero-order valence-corrected chi connectivity index (χ0v) is 13.6. The monoisotopic (exact) mass is 320 g/mol. The number of likely N-dealkylation sites (N-methyl/N-ethyl adjacent to an activating group) is 1. The molecule has 0 spiro atoms. The van der Waals surface area contributed by atoms with Crippen LogP contribution in [0.25, 0.3) is 0 Å². The van der Waals surface area contributed by atoms with E-state index in [-0.39, 0.29) is 18.3 Å². The Kier molecular flexibility index (Phi) is 9.38. The van der Waals surface area contributed by atoms with Crippen LogP contribution in [0, 0.1) is 6.92 Å². The highest BCUT2D eigenvalue weighted by Crippen LogP contribution is 2.26. The van der Waals surface area contributed by atoms with Crippen molar-refractivity contribution in [1.82, 2.24) is 10.6 Å². The van der Waals surface area contributed by atoms with E-state index < -0.39 is 6.10 Å². The van der Waals surface area contributed by atoms with E-state index in [2.05, 4.69) is 10.6 Å².